The van der Waals surface area contributed by atoms with E-state index in [4.69, 9.17) is 11.1 Å². The topological polar surface area (TPSA) is 53.1 Å². The molecule has 1 aliphatic rings. The fourth-order valence-electron chi connectivity index (χ4n) is 2.00. The second kappa shape index (κ2) is 4.52. The predicted octanol–water partition coefficient (Wildman–Crippen LogP) is 1.93. The highest BCUT2D eigenvalue weighted by Gasteiger charge is 2.28. The molecule has 3 N–H and O–H groups in total. The predicted molar refractivity (Wildman–Crippen MR) is 65.1 cm³/mol. The number of amidine groups is 1. The highest BCUT2D eigenvalue weighted by atomic mass is 15.1. The van der Waals surface area contributed by atoms with E-state index in [-0.39, 0.29) is 5.41 Å². The maximum atomic E-state index is 7.51. The number of nitrogens with two attached hydrogens (primary N) is 1. The quantitative estimate of drug-likeness (QED) is 0.551. The number of rotatable bonds is 4. The molecule has 3 nitrogen and oxygen atoms in total. The van der Waals surface area contributed by atoms with Crippen LogP contribution >= 0.6 is 0 Å². The van der Waals surface area contributed by atoms with Crippen LogP contribution in [0.25, 0.3) is 0 Å². The van der Waals surface area contributed by atoms with Crippen LogP contribution in [0.1, 0.15) is 34.1 Å². The summed E-state index contributed by atoms with van der Waals surface area (Å²) in [5.74, 6) is 1.93. The van der Waals surface area contributed by atoms with Crippen LogP contribution < -0.4 is 5.73 Å². The molecule has 0 radical (unpaired) electrons. The Bertz CT molecular complexity index is 225. The Morgan fingerprint density at radius 1 is 1.33 bits per heavy atom. The molecule has 0 aromatic carbocycles. The van der Waals surface area contributed by atoms with Crippen LogP contribution in [0.4, 0.5) is 0 Å². The van der Waals surface area contributed by atoms with Crippen LogP contribution in [0.15, 0.2) is 0 Å². The number of likely N-dealkylation sites (tertiary alicyclic amines) is 1. The minimum atomic E-state index is -0.144. The lowest BCUT2D eigenvalue weighted by atomic mass is 9.88. The molecule has 1 saturated heterocycles. The smallest absolute Gasteiger partial charge is 0.0963 e. The molecule has 0 amide bonds. The van der Waals surface area contributed by atoms with Gasteiger partial charge in [0.25, 0.3) is 0 Å². The summed E-state index contributed by atoms with van der Waals surface area (Å²) in [6, 6.07) is 0. The molecule has 15 heavy (non-hydrogen) atoms. The van der Waals surface area contributed by atoms with Crippen molar-refractivity contribution in [2.75, 3.05) is 19.6 Å². The van der Waals surface area contributed by atoms with E-state index in [0.29, 0.717) is 5.84 Å². The van der Waals surface area contributed by atoms with E-state index >= 15 is 0 Å². The molecule has 0 aromatic heterocycles. The minimum absolute atomic E-state index is 0.144. The van der Waals surface area contributed by atoms with E-state index in [9.17, 15) is 0 Å². The lowest BCUT2D eigenvalue weighted by molar-refractivity contribution is 0.282. The highest BCUT2D eigenvalue weighted by molar-refractivity contribution is 5.82. The average molecular weight is 211 g/mol. The van der Waals surface area contributed by atoms with Crippen LogP contribution in [0.2, 0.25) is 0 Å². The van der Waals surface area contributed by atoms with Crippen LogP contribution in [-0.4, -0.2) is 30.4 Å². The SMILES string of the molecule is CC1CN(CCC(C)(C)C(=N)N)CC1C. The molecule has 1 heterocycles. The van der Waals surface area contributed by atoms with Gasteiger partial charge in [-0.3, -0.25) is 5.41 Å². The van der Waals surface area contributed by atoms with Crippen LogP contribution in [0, 0.1) is 22.7 Å². The molecule has 1 rings (SSSR count). The third kappa shape index (κ3) is 3.20. The van der Waals surface area contributed by atoms with Gasteiger partial charge in [-0.1, -0.05) is 27.7 Å². The van der Waals surface area contributed by atoms with Crippen molar-refractivity contribution < 1.29 is 0 Å². The van der Waals surface area contributed by atoms with Crippen LogP contribution in [0.5, 0.6) is 0 Å². The second-order valence-corrected chi connectivity index (χ2v) is 5.76. The van der Waals surface area contributed by atoms with Gasteiger partial charge in [0.1, 0.15) is 0 Å². The molecule has 2 atom stereocenters. The van der Waals surface area contributed by atoms with Crippen LogP contribution in [-0.2, 0) is 0 Å². The average Bonchev–Trinajstić information content (AvgIpc) is 2.43. The highest BCUT2D eigenvalue weighted by Crippen LogP contribution is 2.25. The summed E-state index contributed by atoms with van der Waals surface area (Å²) in [5, 5.41) is 7.51. The lowest BCUT2D eigenvalue weighted by Gasteiger charge is -2.26. The second-order valence-electron chi connectivity index (χ2n) is 5.76. The molecule has 0 spiro atoms. The van der Waals surface area contributed by atoms with Crippen molar-refractivity contribution in [2.45, 2.75) is 34.1 Å². The first-order chi connectivity index (χ1) is 6.83. The molecule has 0 aromatic rings. The summed E-state index contributed by atoms with van der Waals surface area (Å²) >= 11 is 0. The van der Waals surface area contributed by atoms with Gasteiger partial charge in [-0.15, -0.1) is 0 Å². The van der Waals surface area contributed by atoms with Gasteiger partial charge in [0.2, 0.25) is 0 Å². The Hall–Kier alpha value is -0.570. The number of nitrogens with zero attached hydrogens (tertiary/aromatic N) is 1. The molecule has 0 saturated carbocycles. The van der Waals surface area contributed by atoms with Gasteiger partial charge in [0, 0.05) is 18.5 Å². The maximum absolute atomic E-state index is 7.51. The molecular weight excluding hydrogens is 186 g/mol. The third-order valence-corrected chi connectivity index (χ3v) is 3.85. The summed E-state index contributed by atoms with van der Waals surface area (Å²) < 4.78 is 0. The zero-order chi connectivity index (χ0) is 11.6. The fourth-order valence-corrected chi connectivity index (χ4v) is 2.00. The molecule has 2 unspecified atom stereocenters. The molecule has 1 aliphatic heterocycles. The van der Waals surface area contributed by atoms with E-state index < -0.39 is 0 Å². The van der Waals surface area contributed by atoms with E-state index in [0.717, 1.165) is 24.8 Å². The summed E-state index contributed by atoms with van der Waals surface area (Å²) in [5.41, 5.74) is 5.43. The summed E-state index contributed by atoms with van der Waals surface area (Å²) in [6.07, 6.45) is 0.988. The summed E-state index contributed by atoms with van der Waals surface area (Å²) in [7, 11) is 0. The third-order valence-electron chi connectivity index (χ3n) is 3.85. The normalized spacial score (nSPS) is 28.3. The van der Waals surface area contributed by atoms with E-state index in [1.807, 2.05) is 0 Å². The summed E-state index contributed by atoms with van der Waals surface area (Å²) in [6.45, 7) is 12.2. The van der Waals surface area contributed by atoms with Gasteiger partial charge < -0.3 is 10.6 Å². The van der Waals surface area contributed by atoms with Crippen molar-refractivity contribution in [3.63, 3.8) is 0 Å². The first-order valence-corrected chi connectivity index (χ1v) is 5.90. The van der Waals surface area contributed by atoms with E-state index in [2.05, 4.69) is 32.6 Å². The Balaban J connectivity index is 2.36. The molecule has 1 fully saturated rings. The van der Waals surface area contributed by atoms with Crippen molar-refractivity contribution in [3.05, 3.63) is 0 Å². The standard InChI is InChI=1S/C12H25N3/c1-9-7-15(8-10(9)2)6-5-12(3,4)11(13)14/h9-10H,5-8H2,1-4H3,(H3,13,14). The molecule has 3 heteroatoms. The first kappa shape index (κ1) is 12.5. The molecule has 88 valence electrons. The van der Waals surface area contributed by atoms with Crippen molar-refractivity contribution in [1.29, 1.82) is 5.41 Å². The number of hydrogen-bond donors (Lipinski definition) is 2. The van der Waals surface area contributed by atoms with Crippen molar-refractivity contribution in [1.82, 2.24) is 4.90 Å². The van der Waals surface area contributed by atoms with Gasteiger partial charge in [-0.25, -0.2) is 0 Å². The first-order valence-electron chi connectivity index (χ1n) is 5.90. The minimum Gasteiger partial charge on any atom is -0.387 e. The van der Waals surface area contributed by atoms with Gasteiger partial charge >= 0.3 is 0 Å². The van der Waals surface area contributed by atoms with E-state index in [1.165, 1.54) is 13.1 Å². The molecule has 0 bridgehead atoms. The van der Waals surface area contributed by atoms with Crippen molar-refractivity contribution >= 4 is 5.84 Å². The van der Waals surface area contributed by atoms with Gasteiger partial charge in [-0.2, -0.15) is 0 Å². The van der Waals surface area contributed by atoms with Crippen molar-refractivity contribution in [2.24, 2.45) is 23.0 Å². The Kier molecular flexibility index (Phi) is 3.77. The Morgan fingerprint density at radius 2 is 1.80 bits per heavy atom. The number of nitrogens with one attached hydrogen (secondary N) is 1. The fraction of sp³-hybridized carbons (Fsp3) is 0.917. The van der Waals surface area contributed by atoms with Crippen LogP contribution in [0.3, 0.4) is 0 Å². The largest absolute Gasteiger partial charge is 0.387 e. The van der Waals surface area contributed by atoms with Gasteiger partial charge in [-0.05, 0) is 24.8 Å². The maximum Gasteiger partial charge on any atom is 0.0963 e. The van der Waals surface area contributed by atoms with Crippen molar-refractivity contribution in [3.8, 4) is 0 Å². The zero-order valence-corrected chi connectivity index (χ0v) is 10.5. The monoisotopic (exact) mass is 211 g/mol. The number of hydrogen-bond acceptors (Lipinski definition) is 2. The van der Waals surface area contributed by atoms with Gasteiger partial charge in [0.05, 0.1) is 5.84 Å². The molecule has 0 aliphatic carbocycles. The zero-order valence-electron chi connectivity index (χ0n) is 10.5. The Morgan fingerprint density at radius 3 is 2.20 bits per heavy atom. The lowest BCUT2D eigenvalue weighted by Crippen LogP contribution is -2.35. The Labute approximate surface area is 93.5 Å². The molecular formula is C12H25N3. The van der Waals surface area contributed by atoms with E-state index in [1.54, 1.807) is 0 Å². The summed E-state index contributed by atoms with van der Waals surface area (Å²) in [4.78, 5) is 2.50. The van der Waals surface area contributed by atoms with Gasteiger partial charge in [0.15, 0.2) is 0 Å².